The van der Waals surface area contributed by atoms with Crippen LogP contribution in [0.1, 0.15) is 37.1 Å². The van der Waals surface area contributed by atoms with E-state index in [9.17, 15) is 4.79 Å². The molecule has 2 aliphatic rings. The average Bonchev–Trinajstić information content (AvgIpc) is 3.24. The summed E-state index contributed by atoms with van der Waals surface area (Å²) in [6, 6.07) is 8.96. The molecule has 1 amide bonds. The molecule has 0 bridgehead atoms. The lowest BCUT2D eigenvalue weighted by Crippen LogP contribution is -2.44. The second-order valence-electron chi connectivity index (χ2n) is 6.80. The largest absolute Gasteiger partial charge is 0.355 e. The van der Waals surface area contributed by atoms with Gasteiger partial charge in [0.2, 0.25) is 5.91 Å². The molecule has 2 fully saturated rings. The van der Waals surface area contributed by atoms with Gasteiger partial charge in [-0.15, -0.1) is 11.3 Å². The summed E-state index contributed by atoms with van der Waals surface area (Å²) in [5, 5.41) is 4.22. The Balaban J connectivity index is 1.33. The Kier molecular flexibility index (Phi) is 4.49. The third-order valence-electron chi connectivity index (χ3n) is 5.05. The van der Waals surface area contributed by atoms with Crippen molar-refractivity contribution >= 4 is 27.5 Å². The van der Waals surface area contributed by atoms with Crippen molar-refractivity contribution in [2.45, 2.75) is 44.2 Å². The first kappa shape index (κ1) is 16.0. The number of rotatable bonds is 4. The van der Waals surface area contributed by atoms with Gasteiger partial charge in [0.05, 0.1) is 15.2 Å². The maximum absolute atomic E-state index is 12.5. The third kappa shape index (κ3) is 3.17. The van der Waals surface area contributed by atoms with E-state index >= 15 is 0 Å². The Morgan fingerprint density at radius 1 is 1.33 bits per heavy atom. The molecule has 0 radical (unpaired) electrons. The molecule has 1 saturated carbocycles. The van der Waals surface area contributed by atoms with Crippen LogP contribution in [-0.4, -0.2) is 29.5 Å². The lowest BCUT2D eigenvalue weighted by atomic mass is 9.82. The van der Waals surface area contributed by atoms with Gasteiger partial charge in [-0.05, 0) is 31.4 Å². The summed E-state index contributed by atoms with van der Waals surface area (Å²) in [7, 11) is 0. The highest BCUT2D eigenvalue weighted by Gasteiger charge is 2.36. The fraction of sp³-hybridized carbons (Fsp3) is 0.529. The monoisotopic (exact) mass is 345 g/mol. The van der Waals surface area contributed by atoms with E-state index in [1.165, 1.54) is 4.70 Å². The third-order valence-corrected chi connectivity index (χ3v) is 6.32. The molecule has 7 heteroatoms. The molecular weight excluding hydrogens is 322 g/mol. The first-order chi connectivity index (χ1) is 11.7. The molecule has 4 atom stereocenters. The van der Waals surface area contributed by atoms with Crippen molar-refractivity contribution < 1.29 is 4.79 Å². The highest BCUT2D eigenvalue weighted by Crippen LogP contribution is 2.28. The number of fused-ring (bicyclic) bond motifs is 2. The van der Waals surface area contributed by atoms with Crippen LogP contribution >= 0.6 is 11.3 Å². The quantitative estimate of drug-likeness (QED) is 0.678. The molecule has 4 N–H and O–H groups in total. The first-order valence-corrected chi connectivity index (χ1v) is 9.41. The second-order valence-corrected chi connectivity index (χ2v) is 7.86. The molecule has 2 aromatic rings. The van der Waals surface area contributed by atoms with Crippen LogP contribution in [-0.2, 0) is 4.79 Å². The summed E-state index contributed by atoms with van der Waals surface area (Å²) in [6.45, 7) is 2.77. The number of benzene rings is 1. The van der Waals surface area contributed by atoms with Gasteiger partial charge in [0, 0.05) is 30.5 Å². The first-order valence-electron chi connectivity index (χ1n) is 8.60. The summed E-state index contributed by atoms with van der Waals surface area (Å²) in [5.41, 5.74) is 10.4. The zero-order valence-electron chi connectivity index (χ0n) is 13.7. The summed E-state index contributed by atoms with van der Waals surface area (Å²) in [5.74, 6) is 0.508. The topological polar surface area (TPSA) is 78.1 Å². The Labute approximate surface area is 145 Å². The number of para-hydroxylation sites is 1. The van der Waals surface area contributed by atoms with Crippen molar-refractivity contribution in [2.24, 2.45) is 5.92 Å². The van der Waals surface area contributed by atoms with Crippen LogP contribution in [0.4, 0.5) is 0 Å². The number of aromatic nitrogens is 1. The van der Waals surface area contributed by atoms with Crippen LogP contribution in [0.2, 0.25) is 0 Å². The molecule has 4 rings (SSSR count). The van der Waals surface area contributed by atoms with Crippen molar-refractivity contribution in [3.63, 3.8) is 0 Å². The molecule has 128 valence electrons. The Hall–Kier alpha value is -1.54. The molecule has 1 aromatic heterocycles. The zero-order valence-corrected chi connectivity index (χ0v) is 14.5. The fourth-order valence-corrected chi connectivity index (χ4v) is 4.57. The van der Waals surface area contributed by atoms with Crippen LogP contribution < -0.4 is 21.7 Å². The highest BCUT2D eigenvalue weighted by molar-refractivity contribution is 7.18. The van der Waals surface area contributed by atoms with E-state index in [1.807, 2.05) is 18.2 Å². The SMILES string of the molecule is CC(CNC(=O)C1CCC2NNNC2C1)c1nc2ccccc2s1. The number of carbonyl (C=O) groups is 1. The molecule has 1 saturated heterocycles. The average molecular weight is 345 g/mol. The predicted molar refractivity (Wildman–Crippen MR) is 95.4 cm³/mol. The second kappa shape index (κ2) is 6.76. The van der Waals surface area contributed by atoms with Crippen LogP contribution in [0.15, 0.2) is 24.3 Å². The maximum Gasteiger partial charge on any atom is 0.223 e. The lowest BCUT2D eigenvalue weighted by Gasteiger charge is -2.29. The van der Waals surface area contributed by atoms with Gasteiger partial charge in [0.25, 0.3) is 0 Å². The lowest BCUT2D eigenvalue weighted by molar-refractivity contribution is -0.126. The summed E-state index contributed by atoms with van der Waals surface area (Å²) < 4.78 is 1.20. The van der Waals surface area contributed by atoms with Crippen molar-refractivity contribution in [1.29, 1.82) is 0 Å². The van der Waals surface area contributed by atoms with E-state index in [4.69, 9.17) is 0 Å². The number of hydrazine groups is 2. The number of carbonyl (C=O) groups excluding carboxylic acids is 1. The Morgan fingerprint density at radius 2 is 2.17 bits per heavy atom. The van der Waals surface area contributed by atoms with Crippen LogP contribution in [0.5, 0.6) is 0 Å². The Morgan fingerprint density at radius 3 is 3.04 bits per heavy atom. The van der Waals surface area contributed by atoms with Crippen LogP contribution in [0.25, 0.3) is 10.2 Å². The minimum Gasteiger partial charge on any atom is -0.355 e. The number of thiazole rings is 1. The molecule has 2 heterocycles. The number of hydrogen-bond acceptors (Lipinski definition) is 6. The number of amides is 1. The molecule has 0 spiro atoms. The number of nitrogens with zero attached hydrogens (tertiary/aromatic N) is 1. The van der Waals surface area contributed by atoms with E-state index < -0.39 is 0 Å². The minimum atomic E-state index is 0.100. The van der Waals surface area contributed by atoms with E-state index in [2.05, 4.69) is 39.7 Å². The molecule has 4 unspecified atom stereocenters. The minimum absolute atomic E-state index is 0.100. The van der Waals surface area contributed by atoms with Gasteiger partial charge in [0.15, 0.2) is 0 Å². The maximum atomic E-state index is 12.5. The van der Waals surface area contributed by atoms with Gasteiger partial charge >= 0.3 is 0 Å². The van der Waals surface area contributed by atoms with E-state index in [0.717, 1.165) is 29.8 Å². The van der Waals surface area contributed by atoms with Crippen molar-refractivity contribution in [1.82, 2.24) is 26.7 Å². The molecule has 24 heavy (non-hydrogen) atoms. The van der Waals surface area contributed by atoms with E-state index in [0.29, 0.717) is 18.6 Å². The smallest absolute Gasteiger partial charge is 0.223 e. The molecular formula is C17H23N5OS. The predicted octanol–water partition coefficient (Wildman–Crippen LogP) is 1.67. The Bertz CT molecular complexity index is 700. The summed E-state index contributed by atoms with van der Waals surface area (Å²) in [4.78, 5) is 17.2. The van der Waals surface area contributed by atoms with E-state index in [1.54, 1.807) is 11.3 Å². The molecule has 1 aliphatic carbocycles. The summed E-state index contributed by atoms with van der Waals surface area (Å²) in [6.07, 6.45) is 2.85. The van der Waals surface area contributed by atoms with Gasteiger partial charge < -0.3 is 5.32 Å². The highest BCUT2D eigenvalue weighted by atomic mass is 32.1. The van der Waals surface area contributed by atoms with Gasteiger partial charge in [-0.2, -0.15) is 5.53 Å². The fourth-order valence-electron chi connectivity index (χ4n) is 3.55. The van der Waals surface area contributed by atoms with E-state index in [-0.39, 0.29) is 17.7 Å². The van der Waals surface area contributed by atoms with Gasteiger partial charge in [-0.3, -0.25) is 4.79 Å². The standard InChI is InChI=1S/C17H23N5OS/c1-10(17-19-13-4-2-3-5-15(13)24-17)9-18-16(23)11-6-7-12-14(8-11)21-22-20-12/h2-5,10-12,14,20-22H,6-9H2,1H3,(H,18,23). The molecule has 1 aliphatic heterocycles. The normalized spacial score (nSPS) is 27.8. The van der Waals surface area contributed by atoms with Crippen molar-refractivity contribution in [3.05, 3.63) is 29.3 Å². The van der Waals surface area contributed by atoms with Crippen LogP contribution in [0.3, 0.4) is 0 Å². The van der Waals surface area contributed by atoms with Crippen LogP contribution in [0, 0.1) is 5.92 Å². The van der Waals surface area contributed by atoms with Gasteiger partial charge in [-0.25, -0.2) is 15.8 Å². The number of hydrogen-bond donors (Lipinski definition) is 4. The summed E-state index contributed by atoms with van der Waals surface area (Å²) >= 11 is 1.72. The van der Waals surface area contributed by atoms with Gasteiger partial charge in [0.1, 0.15) is 0 Å². The number of nitrogens with one attached hydrogen (secondary N) is 4. The van der Waals surface area contributed by atoms with Gasteiger partial charge in [-0.1, -0.05) is 19.1 Å². The molecule has 1 aromatic carbocycles. The van der Waals surface area contributed by atoms with Crippen molar-refractivity contribution in [3.8, 4) is 0 Å². The van der Waals surface area contributed by atoms with Crippen molar-refractivity contribution in [2.75, 3.05) is 6.54 Å². The molecule has 6 nitrogen and oxygen atoms in total. The zero-order chi connectivity index (χ0) is 16.5.